The number of imidazole rings is 1. The van der Waals surface area contributed by atoms with Crippen molar-refractivity contribution >= 4 is 34.5 Å². The van der Waals surface area contributed by atoms with E-state index in [1.165, 1.54) is 6.42 Å². The molecule has 0 unspecified atom stereocenters. The topological polar surface area (TPSA) is 113 Å². The third-order valence-electron chi connectivity index (χ3n) is 6.91. The predicted octanol–water partition coefficient (Wildman–Crippen LogP) is 1.78. The molecule has 0 radical (unpaired) electrons. The summed E-state index contributed by atoms with van der Waals surface area (Å²) in [7, 11) is 0. The van der Waals surface area contributed by atoms with Gasteiger partial charge in [0.25, 0.3) is 5.91 Å². The second-order valence-electron chi connectivity index (χ2n) is 8.90. The summed E-state index contributed by atoms with van der Waals surface area (Å²) < 4.78 is 2.08. The molecule has 1 saturated carbocycles. The van der Waals surface area contributed by atoms with Gasteiger partial charge in [-0.05, 0) is 25.0 Å². The van der Waals surface area contributed by atoms with Crippen LogP contribution in [0.25, 0.3) is 11.2 Å². The minimum Gasteiger partial charge on any atom is -0.368 e. The predicted molar refractivity (Wildman–Crippen MR) is 121 cm³/mol. The van der Waals surface area contributed by atoms with Crippen LogP contribution in [0.3, 0.4) is 0 Å². The second-order valence-corrected chi connectivity index (χ2v) is 8.90. The van der Waals surface area contributed by atoms with Crippen LogP contribution in [0.1, 0.15) is 42.7 Å². The molecule has 1 amide bonds. The SMILES string of the molecule is O=C1NCC2(CCCCC2)n2c1nc1cnc(Nc3ccc(N4CCNCC4)cn3)nc12. The van der Waals surface area contributed by atoms with Crippen LogP contribution < -0.4 is 20.9 Å². The van der Waals surface area contributed by atoms with Gasteiger partial charge in [0.2, 0.25) is 11.8 Å². The van der Waals surface area contributed by atoms with Crippen molar-refractivity contribution in [2.75, 3.05) is 42.9 Å². The summed E-state index contributed by atoms with van der Waals surface area (Å²) in [5.74, 6) is 1.45. The van der Waals surface area contributed by atoms with Crippen LogP contribution in [0.15, 0.2) is 24.5 Å². The van der Waals surface area contributed by atoms with Gasteiger partial charge in [-0.3, -0.25) is 9.36 Å². The first-order chi connectivity index (χ1) is 15.7. The van der Waals surface area contributed by atoms with E-state index >= 15 is 0 Å². The van der Waals surface area contributed by atoms with E-state index in [0.29, 0.717) is 35.3 Å². The molecule has 2 fully saturated rings. The van der Waals surface area contributed by atoms with Gasteiger partial charge < -0.3 is 20.9 Å². The van der Waals surface area contributed by atoms with Crippen LogP contribution >= 0.6 is 0 Å². The maximum Gasteiger partial charge on any atom is 0.287 e. The number of hydrogen-bond acceptors (Lipinski definition) is 8. The summed E-state index contributed by atoms with van der Waals surface area (Å²) in [6, 6.07) is 4.02. The van der Waals surface area contributed by atoms with Crippen LogP contribution in [0.5, 0.6) is 0 Å². The third kappa shape index (κ3) is 3.26. The molecule has 3 N–H and O–H groups in total. The summed E-state index contributed by atoms with van der Waals surface area (Å²) in [6.07, 6.45) is 9.14. The van der Waals surface area contributed by atoms with E-state index in [0.717, 1.165) is 57.5 Å². The number of amides is 1. The molecular formula is C22H27N9O. The molecule has 0 atom stereocenters. The normalized spacial score (nSPS) is 20.2. The molecule has 10 heteroatoms. The van der Waals surface area contributed by atoms with E-state index < -0.39 is 0 Å². The van der Waals surface area contributed by atoms with Gasteiger partial charge >= 0.3 is 0 Å². The third-order valence-corrected chi connectivity index (χ3v) is 6.91. The van der Waals surface area contributed by atoms with Crippen molar-refractivity contribution in [2.45, 2.75) is 37.6 Å². The highest BCUT2D eigenvalue weighted by Crippen LogP contribution is 2.39. The Hall–Kier alpha value is -3.27. The molecule has 2 aliphatic heterocycles. The fraction of sp³-hybridized carbons (Fsp3) is 0.500. The van der Waals surface area contributed by atoms with Gasteiger partial charge in [-0.25, -0.2) is 15.0 Å². The van der Waals surface area contributed by atoms with E-state index in [9.17, 15) is 4.79 Å². The standard InChI is InChI=1S/C22H27N9O/c32-20-19-27-16-13-25-21(28-17-5-4-15(12-24-17)30-10-8-23-9-11-30)29-18(16)31(19)22(14-26-20)6-2-1-3-7-22/h4-5,12-13,23H,1-3,6-11,14H2,(H,26,32)(H,24,25,28,29). The first kappa shape index (κ1) is 19.4. The van der Waals surface area contributed by atoms with Crippen LogP contribution in [-0.2, 0) is 5.54 Å². The van der Waals surface area contributed by atoms with E-state index in [1.54, 1.807) is 6.20 Å². The van der Waals surface area contributed by atoms with E-state index in [4.69, 9.17) is 4.98 Å². The number of carbonyl (C=O) groups excluding carboxylic acids is 1. The Labute approximate surface area is 185 Å². The number of fused-ring (bicyclic) bond motifs is 4. The molecule has 3 aromatic rings. The quantitative estimate of drug-likeness (QED) is 0.573. The molecule has 1 saturated heterocycles. The van der Waals surface area contributed by atoms with Crippen molar-refractivity contribution in [1.82, 2.24) is 35.1 Å². The maximum absolute atomic E-state index is 12.5. The fourth-order valence-electron chi connectivity index (χ4n) is 5.23. The zero-order valence-electron chi connectivity index (χ0n) is 18.0. The number of nitrogens with one attached hydrogen (secondary N) is 3. The molecule has 1 aliphatic carbocycles. The maximum atomic E-state index is 12.5. The Morgan fingerprint density at radius 2 is 1.84 bits per heavy atom. The van der Waals surface area contributed by atoms with Gasteiger partial charge in [0, 0.05) is 32.7 Å². The lowest BCUT2D eigenvalue weighted by Crippen LogP contribution is -2.52. The van der Waals surface area contributed by atoms with Crippen molar-refractivity contribution < 1.29 is 4.79 Å². The van der Waals surface area contributed by atoms with Gasteiger partial charge in [0.15, 0.2) is 5.65 Å². The highest BCUT2D eigenvalue weighted by molar-refractivity contribution is 5.95. The smallest absolute Gasteiger partial charge is 0.287 e. The number of carbonyl (C=O) groups is 1. The first-order valence-electron chi connectivity index (χ1n) is 11.4. The Balaban J connectivity index is 1.31. The zero-order valence-corrected chi connectivity index (χ0v) is 18.0. The minimum atomic E-state index is -0.148. The summed E-state index contributed by atoms with van der Waals surface area (Å²) in [5, 5.41) is 9.63. The number of rotatable bonds is 3. The molecule has 0 aromatic carbocycles. The number of aromatic nitrogens is 5. The van der Waals surface area contributed by atoms with Crippen LogP contribution in [0.2, 0.25) is 0 Å². The van der Waals surface area contributed by atoms with Crippen LogP contribution in [0.4, 0.5) is 17.5 Å². The summed E-state index contributed by atoms with van der Waals surface area (Å²) >= 11 is 0. The fourth-order valence-corrected chi connectivity index (χ4v) is 5.23. The molecule has 166 valence electrons. The highest BCUT2D eigenvalue weighted by atomic mass is 16.2. The summed E-state index contributed by atoms with van der Waals surface area (Å²) in [6.45, 7) is 4.57. The molecule has 5 heterocycles. The first-order valence-corrected chi connectivity index (χ1v) is 11.4. The molecule has 6 rings (SSSR count). The van der Waals surface area contributed by atoms with Crippen molar-refractivity contribution in [3.05, 3.63) is 30.4 Å². The van der Waals surface area contributed by atoms with Crippen molar-refractivity contribution in [2.24, 2.45) is 0 Å². The molecule has 3 aromatic heterocycles. The highest BCUT2D eigenvalue weighted by Gasteiger charge is 2.42. The largest absolute Gasteiger partial charge is 0.368 e. The Bertz CT molecular complexity index is 1140. The van der Waals surface area contributed by atoms with Gasteiger partial charge in [-0.1, -0.05) is 19.3 Å². The van der Waals surface area contributed by atoms with Gasteiger partial charge in [-0.2, -0.15) is 4.98 Å². The number of piperazine rings is 1. The molecule has 1 spiro atoms. The van der Waals surface area contributed by atoms with Gasteiger partial charge in [-0.15, -0.1) is 0 Å². The number of anilines is 3. The van der Waals surface area contributed by atoms with E-state index in [1.807, 2.05) is 12.3 Å². The number of nitrogens with zero attached hydrogens (tertiary/aromatic N) is 6. The lowest BCUT2D eigenvalue weighted by Gasteiger charge is -2.42. The van der Waals surface area contributed by atoms with Gasteiger partial charge in [0.05, 0.1) is 23.6 Å². The number of pyridine rings is 1. The van der Waals surface area contributed by atoms with Crippen molar-refractivity contribution in [3.63, 3.8) is 0 Å². The molecule has 10 nitrogen and oxygen atoms in total. The van der Waals surface area contributed by atoms with Crippen LogP contribution in [-0.4, -0.2) is 63.1 Å². The lowest BCUT2D eigenvalue weighted by molar-refractivity contribution is 0.0824. The van der Waals surface area contributed by atoms with Crippen molar-refractivity contribution in [1.29, 1.82) is 0 Å². The molecule has 3 aliphatic rings. The van der Waals surface area contributed by atoms with Crippen LogP contribution in [0, 0.1) is 0 Å². The monoisotopic (exact) mass is 433 g/mol. The zero-order chi connectivity index (χ0) is 21.5. The summed E-state index contributed by atoms with van der Waals surface area (Å²) in [5.41, 5.74) is 2.33. The average molecular weight is 434 g/mol. The number of hydrogen-bond donors (Lipinski definition) is 3. The Morgan fingerprint density at radius 3 is 2.62 bits per heavy atom. The summed E-state index contributed by atoms with van der Waals surface area (Å²) in [4.78, 5) is 33.2. The lowest BCUT2D eigenvalue weighted by atomic mass is 9.80. The molecule has 0 bridgehead atoms. The van der Waals surface area contributed by atoms with Crippen molar-refractivity contribution in [3.8, 4) is 0 Å². The average Bonchev–Trinajstić information content (AvgIpc) is 3.24. The van der Waals surface area contributed by atoms with E-state index in [2.05, 4.69) is 46.4 Å². The van der Waals surface area contributed by atoms with E-state index in [-0.39, 0.29) is 11.4 Å². The Morgan fingerprint density at radius 1 is 1.00 bits per heavy atom. The Kier molecular flexibility index (Phi) is 4.67. The van der Waals surface area contributed by atoms with Gasteiger partial charge in [0.1, 0.15) is 11.3 Å². The minimum absolute atomic E-state index is 0.140. The second kappa shape index (κ2) is 7.70. The molecular weight excluding hydrogens is 406 g/mol. The molecule has 32 heavy (non-hydrogen) atoms.